The van der Waals surface area contributed by atoms with Gasteiger partial charge in [0.25, 0.3) is 0 Å². The van der Waals surface area contributed by atoms with Gasteiger partial charge >= 0.3 is 0 Å². The molecule has 1 fully saturated rings. The third kappa shape index (κ3) is 2.65. The molecular weight excluding hydrogens is 158 g/mol. The third-order valence-corrected chi connectivity index (χ3v) is 3.36. The summed E-state index contributed by atoms with van der Waals surface area (Å²) in [5.74, 6) is 2.56. The van der Waals surface area contributed by atoms with Crippen molar-refractivity contribution in [2.45, 2.75) is 19.4 Å². The minimum atomic E-state index is 0.301. The molecule has 0 aromatic rings. The van der Waals surface area contributed by atoms with E-state index in [1.807, 2.05) is 11.8 Å². The van der Waals surface area contributed by atoms with E-state index in [1.165, 1.54) is 17.9 Å². The molecule has 0 aliphatic carbocycles. The number of thioether (sulfide) groups is 1. The molecule has 0 aromatic heterocycles. The van der Waals surface area contributed by atoms with Gasteiger partial charge in [0.1, 0.15) is 0 Å². The van der Waals surface area contributed by atoms with Crippen LogP contribution in [0, 0.1) is 0 Å². The Morgan fingerprint density at radius 2 is 2.45 bits per heavy atom. The number of nitrogens with zero attached hydrogens (tertiary/aromatic N) is 1. The van der Waals surface area contributed by atoms with Gasteiger partial charge in [-0.15, -0.1) is 0 Å². The largest absolute Gasteiger partial charge is 0.395 e. The number of hydrogen-bond donors (Lipinski definition) is 1. The van der Waals surface area contributed by atoms with E-state index in [4.69, 9.17) is 5.11 Å². The Bertz CT molecular complexity index is 104. The highest BCUT2D eigenvalue weighted by Crippen LogP contribution is 2.21. The van der Waals surface area contributed by atoms with E-state index in [-0.39, 0.29) is 0 Å². The van der Waals surface area contributed by atoms with Crippen molar-refractivity contribution in [1.82, 2.24) is 4.90 Å². The third-order valence-electron chi connectivity index (χ3n) is 2.22. The summed E-state index contributed by atoms with van der Waals surface area (Å²) in [6, 6.07) is 0.733. The predicted molar refractivity (Wildman–Crippen MR) is 50.1 cm³/mol. The fourth-order valence-corrected chi connectivity index (χ4v) is 2.79. The molecule has 0 amide bonds. The molecule has 1 atom stereocenters. The zero-order valence-corrected chi connectivity index (χ0v) is 7.94. The first kappa shape index (κ1) is 9.36. The normalized spacial score (nSPS) is 24.8. The van der Waals surface area contributed by atoms with Crippen molar-refractivity contribution in [3.63, 3.8) is 0 Å². The first-order chi connectivity index (χ1) is 5.38. The lowest BCUT2D eigenvalue weighted by Gasteiger charge is -2.25. The Hall–Kier alpha value is 0.270. The van der Waals surface area contributed by atoms with Gasteiger partial charge in [-0.25, -0.2) is 0 Å². The Kier molecular flexibility index (Phi) is 4.26. The summed E-state index contributed by atoms with van der Waals surface area (Å²) in [5, 5.41) is 8.78. The van der Waals surface area contributed by atoms with Crippen LogP contribution in [0.25, 0.3) is 0 Å². The standard InChI is InChI=1S/C8H17NOS/c1-2-9(4-5-10)8-3-6-11-7-8/h8,10H,2-7H2,1H3. The maximum absolute atomic E-state index is 8.78. The van der Waals surface area contributed by atoms with Gasteiger partial charge in [0, 0.05) is 18.3 Å². The summed E-state index contributed by atoms with van der Waals surface area (Å²) < 4.78 is 0. The molecule has 1 heterocycles. The van der Waals surface area contributed by atoms with Crippen LogP contribution in [-0.2, 0) is 0 Å². The number of rotatable bonds is 4. The Morgan fingerprint density at radius 1 is 1.64 bits per heavy atom. The molecule has 0 radical (unpaired) electrons. The first-order valence-corrected chi connectivity index (χ1v) is 5.46. The molecular formula is C8H17NOS. The van der Waals surface area contributed by atoms with Crippen LogP contribution in [0.5, 0.6) is 0 Å². The molecule has 1 unspecified atom stereocenters. The zero-order valence-electron chi connectivity index (χ0n) is 7.12. The molecule has 1 aliphatic heterocycles. The lowest BCUT2D eigenvalue weighted by Crippen LogP contribution is -2.37. The summed E-state index contributed by atoms with van der Waals surface area (Å²) in [6.45, 7) is 4.39. The van der Waals surface area contributed by atoms with Crippen molar-refractivity contribution in [3.05, 3.63) is 0 Å². The average molecular weight is 175 g/mol. The van der Waals surface area contributed by atoms with Gasteiger partial charge in [-0.1, -0.05) is 6.92 Å². The highest BCUT2D eigenvalue weighted by molar-refractivity contribution is 7.99. The van der Waals surface area contributed by atoms with Crippen molar-refractivity contribution in [3.8, 4) is 0 Å². The molecule has 0 spiro atoms. The van der Waals surface area contributed by atoms with Crippen LogP contribution in [0.1, 0.15) is 13.3 Å². The summed E-state index contributed by atoms with van der Waals surface area (Å²) in [5.41, 5.74) is 0. The van der Waals surface area contributed by atoms with Gasteiger partial charge in [-0.2, -0.15) is 11.8 Å². The molecule has 1 saturated heterocycles. The van der Waals surface area contributed by atoms with Crippen molar-refractivity contribution in [2.24, 2.45) is 0 Å². The average Bonchev–Trinajstić information content (AvgIpc) is 2.52. The molecule has 1 aliphatic rings. The number of likely N-dealkylation sites (N-methyl/N-ethyl adjacent to an activating group) is 1. The highest BCUT2D eigenvalue weighted by atomic mass is 32.2. The van der Waals surface area contributed by atoms with Crippen molar-refractivity contribution in [2.75, 3.05) is 31.2 Å². The van der Waals surface area contributed by atoms with E-state index in [0.29, 0.717) is 6.61 Å². The van der Waals surface area contributed by atoms with Crippen molar-refractivity contribution in [1.29, 1.82) is 0 Å². The van der Waals surface area contributed by atoms with Crippen LogP contribution in [-0.4, -0.2) is 47.3 Å². The van der Waals surface area contributed by atoms with Crippen molar-refractivity contribution < 1.29 is 5.11 Å². The minimum Gasteiger partial charge on any atom is -0.395 e. The van der Waals surface area contributed by atoms with Gasteiger partial charge < -0.3 is 5.11 Å². The van der Waals surface area contributed by atoms with Crippen LogP contribution >= 0.6 is 11.8 Å². The zero-order chi connectivity index (χ0) is 8.10. The fourth-order valence-electron chi connectivity index (χ4n) is 1.54. The van der Waals surface area contributed by atoms with E-state index in [9.17, 15) is 0 Å². The second-order valence-corrected chi connectivity index (χ2v) is 4.02. The van der Waals surface area contributed by atoms with Crippen LogP contribution in [0.4, 0.5) is 0 Å². The van der Waals surface area contributed by atoms with Gasteiger partial charge in [-0.3, -0.25) is 4.90 Å². The van der Waals surface area contributed by atoms with Gasteiger partial charge in [-0.05, 0) is 18.7 Å². The van der Waals surface area contributed by atoms with E-state index in [1.54, 1.807) is 0 Å². The van der Waals surface area contributed by atoms with Crippen molar-refractivity contribution >= 4 is 11.8 Å². The first-order valence-electron chi connectivity index (χ1n) is 4.31. The lowest BCUT2D eigenvalue weighted by atomic mass is 10.2. The minimum absolute atomic E-state index is 0.301. The molecule has 1 rings (SSSR count). The number of aliphatic hydroxyl groups excluding tert-OH is 1. The van der Waals surface area contributed by atoms with Gasteiger partial charge in [0.05, 0.1) is 6.61 Å². The monoisotopic (exact) mass is 175 g/mol. The Morgan fingerprint density at radius 3 is 2.91 bits per heavy atom. The Balaban J connectivity index is 2.27. The summed E-state index contributed by atoms with van der Waals surface area (Å²) >= 11 is 2.03. The summed E-state index contributed by atoms with van der Waals surface area (Å²) in [6.07, 6.45) is 1.30. The molecule has 0 saturated carbocycles. The predicted octanol–water partition coefficient (Wildman–Crippen LogP) is 0.806. The van der Waals surface area contributed by atoms with Gasteiger partial charge in [0.15, 0.2) is 0 Å². The second-order valence-electron chi connectivity index (χ2n) is 2.87. The van der Waals surface area contributed by atoms with Gasteiger partial charge in [0.2, 0.25) is 0 Å². The maximum Gasteiger partial charge on any atom is 0.0558 e. The summed E-state index contributed by atoms with van der Waals surface area (Å²) in [7, 11) is 0. The molecule has 0 aromatic carbocycles. The maximum atomic E-state index is 8.78. The molecule has 1 N–H and O–H groups in total. The molecule has 0 bridgehead atoms. The number of hydrogen-bond acceptors (Lipinski definition) is 3. The van der Waals surface area contributed by atoms with Crippen LogP contribution in [0.3, 0.4) is 0 Å². The van der Waals surface area contributed by atoms with E-state index < -0.39 is 0 Å². The molecule has 3 heteroatoms. The lowest BCUT2D eigenvalue weighted by molar-refractivity contribution is 0.167. The fraction of sp³-hybridized carbons (Fsp3) is 1.00. The van der Waals surface area contributed by atoms with Crippen LogP contribution in [0.15, 0.2) is 0 Å². The SMILES string of the molecule is CCN(CCO)C1CCSC1. The van der Waals surface area contributed by atoms with E-state index >= 15 is 0 Å². The molecule has 11 heavy (non-hydrogen) atoms. The summed E-state index contributed by atoms with van der Waals surface area (Å²) in [4.78, 5) is 2.38. The van der Waals surface area contributed by atoms with Crippen LogP contribution in [0.2, 0.25) is 0 Å². The number of aliphatic hydroxyl groups is 1. The highest BCUT2D eigenvalue weighted by Gasteiger charge is 2.20. The molecule has 2 nitrogen and oxygen atoms in total. The smallest absolute Gasteiger partial charge is 0.0558 e. The van der Waals surface area contributed by atoms with E-state index in [2.05, 4.69) is 11.8 Å². The second kappa shape index (κ2) is 5.01. The quantitative estimate of drug-likeness (QED) is 0.684. The molecule has 66 valence electrons. The Labute approximate surface area is 73.0 Å². The van der Waals surface area contributed by atoms with Crippen LogP contribution < -0.4 is 0 Å². The topological polar surface area (TPSA) is 23.5 Å². The van der Waals surface area contributed by atoms with E-state index in [0.717, 1.165) is 19.1 Å².